The van der Waals surface area contributed by atoms with Gasteiger partial charge in [0.05, 0.1) is 16.3 Å². The van der Waals surface area contributed by atoms with Gasteiger partial charge in [-0.15, -0.1) is 0 Å². The first-order valence-corrected chi connectivity index (χ1v) is 12.0. The van der Waals surface area contributed by atoms with E-state index >= 15 is 0 Å². The second-order valence-corrected chi connectivity index (χ2v) is 9.98. The Labute approximate surface area is 190 Å². The Morgan fingerprint density at radius 1 is 0.844 bits per heavy atom. The van der Waals surface area contributed by atoms with Crippen molar-refractivity contribution in [3.05, 3.63) is 119 Å². The maximum absolute atomic E-state index is 13.4. The first-order chi connectivity index (χ1) is 15.9. The number of benzene rings is 3. The van der Waals surface area contributed by atoms with Crippen LogP contribution in [0, 0.1) is 6.92 Å². The van der Waals surface area contributed by atoms with E-state index in [1.165, 1.54) is 4.31 Å². The SMILES string of the molecule is [2H][C@@H]1C(c2ccccc2)=NC(c2ccccc2)=CC2=C1CN(S(=O)(=O)c1ccc(C)cc1)C2. The molecule has 0 fully saturated rings. The van der Waals surface area contributed by atoms with Crippen LogP contribution in [-0.4, -0.2) is 31.5 Å². The third-order valence-electron chi connectivity index (χ3n) is 5.77. The molecule has 160 valence electrons. The standard InChI is InChI=1S/C27H24N2O2S/c1-20-12-14-25(15-13-20)32(30,31)29-18-23-16-26(21-8-4-2-5-9-21)28-27(17-24(23)19-29)22-10-6-3-7-11-22/h2-16H,17-19H2,1H3/i17D/t17-/m0/s1. The molecule has 2 aliphatic heterocycles. The van der Waals surface area contributed by atoms with E-state index in [-0.39, 0.29) is 18.0 Å². The number of rotatable bonds is 4. The van der Waals surface area contributed by atoms with Gasteiger partial charge >= 0.3 is 0 Å². The van der Waals surface area contributed by atoms with Crippen molar-refractivity contribution in [1.82, 2.24) is 4.31 Å². The molecule has 1 atom stereocenters. The van der Waals surface area contributed by atoms with Crippen molar-refractivity contribution in [2.75, 3.05) is 13.1 Å². The highest BCUT2D eigenvalue weighted by atomic mass is 32.2. The summed E-state index contributed by atoms with van der Waals surface area (Å²) < 4.78 is 37.3. The highest BCUT2D eigenvalue weighted by molar-refractivity contribution is 7.89. The molecule has 32 heavy (non-hydrogen) atoms. The highest BCUT2D eigenvalue weighted by Gasteiger charge is 2.33. The zero-order chi connectivity index (χ0) is 23.0. The minimum absolute atomic E-state index is 0.185. The second-order valence-electron chi connectivity index (χ2n) is 8.04. The molecule has 0 unspecified atom stereocenters. The number of aliphatic imine (C=N–C) groups is 1. The molecular weight excluding hydrogens is 416 g/mol. The third-order valence-corrected chi connectivity index (χ3v) is 7.57. The van der Waals surface area contributed by atoms with Gasteiger partial charge in [-0.2, -0.15) is 4.31 Å². The van der Waals surface area contributed by atoms with Crippen LogP contribution in [0.2, 0.25) is 0 Å². The Hall–Kier alpha value is -3.28. The van der Waals surface area contributed by atoms with Gasteiger partial charge in [-0.25, -0.2) is 8.42 Å². The topological polar surface area (TPSA) is 49.7 Å². The smallest absolute Gasteiger partial charge is 0.243 e. The van der Waals surface area contributed by atoms with Crippen molar-refractivity contribution < 1.29 is 9.79 Å². The summed E-state index contributed by atoms with van der Waals surface area (Å²) in [7, 11) is -3.67. The van der Waals surface area contributed by atoms with Crippen molar-refractivity contribution in [3.8, 4) is 0 Å². The molecule has 3 aromatic rings. The summed E-state index contributed by atoms with van der Waals surface area (Å²) in [6, 6.07) is 26.4. The molecule has 4 nitrogen and oxygen atoms in total. The molecule has 0 radical (unpaired) electrons. The Kier molecular flexibility index (Phi) is 5.06. The van der Waals surface area contributed by atoms with E-state index in [2.05, 4.69) is 0 Å². The number of hydrogen-bond donors (Lipinski definition) is 0. The minimum Gasteiger partial charge on any atom is -0.252 e. The summed E-state index contributed by atoms with van der Waals surface area (Å²) in [6.45, 7) is 2.35. The number of aryl methyl sites for hydroxylation is 1. The highest BCUT2D eigenvalue weighted by Crippen LogP contribution is 2.33. The number of nitrogens with zero attached hydrogens (tertiary/aromatic N) is 2. The van der Waals surface area contributed by atoms with Gasteiger partial charge in [0, 0.05) is 26.4 Å². The van der Waals surface area contributed by atoms with Crippen LogP contribution < -0.4 is 0 Å². The Morgan fingerprint density at radius 2 is 1.47 bits per heavy atom. The Bertz CT molecular complexity index is 1380. The van der Waals surface area contributed by atoms with Gasteiger partial charge in [0.1, 0.15) is 0 Å². The molecule has 5 rings (SSSR count). The van der Waals surface area contributed by atoms with Gasteiger partial charge in [0.25, 0.3) is 0 Å². The normalized spacial score (nSPS) is 19.7. The summed E-state index contributed by atoms with van der Waals surface area (Å²) >= 11 is 0. The molecule has 0 saturated carbocycles. The predicted octanol–water partition coefficient (Wildman–Crippen LogP) is 5.23. The monoisotopic (exact) mass is 441 g/mol. The van der Waals surface area contributed by atoms with E-state index < -0.39 is 16.4 Å². The van der Waals surface area contributed by atoms with Crippen LogP contribution in [0.15, 0.2) is 112 Å². The van der Waals surface area contributed by atoms with Crippen molar-refractivity contribution in [1.29, 1.82) is 0 Å². The number of hydrogen-bond acceptors (Lipinski definition) is 3. The van der Waals surface area contributed by atoms with Crippen LogP contribution in [0.5, 0.6) is 0 Å². The zero-order valence-corrected chi connectivity index (χ0v) is 18.6. The second kappa shape index (κ2) is 8.34. The van der Waals surface area contributed by atoms with Gasteiger partial charge in [-0.05, 0) is 41.8 Å². The lowest BCUT2D eigenvalue weighted by Crippen LogP contribution is -2.30. The van der Waals surface area contributed by atoms with Gasteiger partial charge < -0.3 is 0 Å². The third kappa shape index (κ3) is 3.97. The quantitative estimate of drug-likeness (QED) is 0.557. The molecular formula is C27H24N2O2S. The fraction of sp³-hybridized carbons (Fsp3) is 0.148. The van der Waals surface area contributed by atoms with E-state index in [1.807, 2.05) is 85.8 Å². The number of sulfonamides is 1. The summed E-state index contributed by atoms with van der Waals surface area (Å²) in [6.07, 6.45) is 1.20. The molecule has 5 heteroatoms. The van der Waals surface area contributed by atoms with Crippen LogP contribution in [0.1, 0.15) is 24.5 Å². The minimum atomic E-state index is -3.67. The van der Waals surface area contributed by atoms with E-state index in [4.69, 9.17) is 6.36 Å². The molecule has 0 aliphatic carbocycles. The first-order valence-electron chi connectivity index (χ1n) is 11.1. The average molecular weight is 442 g/mol. The molecule has 3 aromatic carbocycles. The van der Waals surface area contributed by atoms with Crippen molar-refractivity contribution in [2.24, 2.45) is 4.99 Å². The fourth-order valence-electron chi connectivity index (χ4n) is 3.98. The van der Waals surface area contributed by atoms with Crippen molar-refractivity contribution in [3.63, 3.8) is 0 Å². The van der Waals surface area contributed by atoms with Gasteiger partial charge in [0.2, 0.25) is 10.0 Å². The van der Waals surface area contributed by atoms with Crippen molar-refractivity contribution in [2.45, 2.75) is 18.2 Å². The molecule has 0 bridgehead atoms. The van der Waals surface area contributed by atoms with E-state index in [1.54, 1.807) is 12.1 Å². The molecule has 0 amide bonds. The zero-order valence-electron chi connectivity index (χ0n) is 18.8. The summed E-state index contributed by atoms with van der Waals surface area (Å²) in [5, 5.41) is 0. The largest absolute Gasteiger partial charge is 0.252 e. The van der Waals surface area contributed by atoms with Crippen LogP contribution in [-0.2, 0) is 10.0 Å². The fourth-order valence-corrected chi connectivity index (χ4v) is 5.38. The summed E-state index contributed by atoms with van der Waals surface area (Å²) in [5.74, 6) is 0. The van der Waals surface area contributed by atoms with Crippen LogP contribution in [0.4, 0.5) is 0 Å². The van der Waals surface area contributed by atoms with Crippen LogP contribution in [0.25, 0.3) is 5.70 Å². The lowest BCUT2D eigenvalue weighted by molar-refractivity contribution is 0.481. The van der Waals surface area contributed by atoms with Gasteiger partial charge in [0.15, 0.2) is 0 Å². The van der Waals surface area contributed by atoms with Crippen LogP contribution >= 0.6 is 0 Å². The first kappa shape index (κ1) is 19.4. The Morgan fingerprint density at radius 3 is 2.12 bits per heavy atom. The van der Waals surface area contributed by atoms with Gasteiger partial charge in [-0.1, -0.05) is 78.4 Å². The van der Waals surface area contributed by atoms with Crippen molar-refractivity contribution >= 4 is 21.4 Å². The molecule has 0 N–H and O–H groups in total. The molecule has 0 spiro atoms. The molecule has 0 aromatic heterocycles. The lowest BCUT2D eigenvalue weighted by Gasteiger charge is -2.18. The molecule has 2 heterocycles. The molecule has 0 saturated heterocycles. The average Bonchev–Trinajstić information content (AvgIpc) is 3.22. The van der Waals surface area contributed by atoms with E-state index in [9.17, 15) is 8.42 Å². The maximum Gasteiger partial charge on any atom is 0.243 e. The van der Waals surface area contributed by atoms with Crippen LogP contribution in [0.3, 0.4) is 0 Å². The molecule has 2 aliphatic rings. The predicted molar refractivity (Wildman–Crippen MR) is 129 cm³/mol. The maximum atomic E-state index is 13.4. The summed E-state index contributed by atoms with van der Waals surface area (Å²) in [4.78, 5) is 5.19. The lowest BCUT2D eigenvalue weighted by atomic mass is 10.0. The summed E-state index contributed by atoms with van der Waals surface area (Å²) in [5.41, 5.74) is 5.81. The van der Waals surface area contributed by atoms with Gasteiger partial charge in [-0.3, -0.25) is 4.99 Å². The Balaban J connectivity index is 1.57. The van der Waals surface area contributed by atoms with E-state index in [0.717, 1.165) is 33.5 Å². The van der Waals surface area contributed by atoms with E-state index in [0.29, 0.717) is 5.71 Å².